The quantitative estimate of drug-likeness (QED) is 0.523. The first kappa shape index (κ1) is 21.1. The Morgan fingerprint density at radius 2 is 1.97 bits per heavy atom. The lowest BCUT2D eigenvalue weighted by molar-refractivity contribution is -0.0205. The first-order valence-corrected chi connectivity index (χ1v) is 9.59. The number of terminal acetylenes is 1. The van der Waals surface area contributed by atoms with E-state index in [-0.39, 0.29) is 25.2 Å². The summed E-state index contributed by atoms with van der Waals surface area (Å²) in [6.07, 6.45) is 8.26. The summed E-state index contributed by atoms with van der Waals surface area (Å²) >= 11 is 3.39. The molecule has 3 aromatic rings. The zero-order chi connectivity index (χ0) is 20.9. The molecule has 3 rings (SSSR count). The van der Waals surface area contributed by atoms with E-state index in [0.29, 0.717) is 6.54 Å². The highest BCUT2D eigenvalue weighted by molar-refractivity contribution is 9.10. The van der Waals surface area contributed by atoms with Gasteiger partial charge in [0.1, 0.15) is 29.9 Å². The summed E-state index contributed by atoms with van der Waals surface area (Å²) in [5.41, 5.74) is -0.768. The highest BCUT2D eigenvalue weighted by atomic mass is 79.9. The van der Waals surface area contributed by atoms with Crippen LogP contribution >= 0.6 is 15.9 Å². The Kier molecular flexibility index (Phi) is 6.75. The molecule has 1 atom stereocenters. The second kappa shape index (κ2) is 9.27. The van der Waals surface area contributed by atoms with Crippen LogP contribution in [0.1, 0.15) is 11.1 Å². The molecule has 0 amide bonds. The molecule has 8 heteroatoms. The minimum Gasteiger partial charge on any atom is -0.382 e. The third kappa shape index (κ3) is 5.48. The van der Waals surface area contributed by atoms with Crippen molar-refractivity contribution in [1.29, 1.82) is 0 Å². The number of rotatable bonds is 8. The molecule has 150 valence electrons. The second-order valence-corrected chi connectivity index (χ2v) is 7.64. The van der Waals surface area contributed by atoms with E-state index in [1.54, 1.807) is 0 Å². The van der Waals surface area contributed by atoms with Crippen LogP contribution in [-0.4, -0.2) is 37.9 Å². The van der Waals surface area contributed by atoms with Crippen molar-refractivity contribution >= 4 is 15.9 Å². The molecule has 1 aromatic heterocycles. The van der Waals surface area contributed by atoms with Gasteiger partial charge in [0, 0.05) is 29.2 Å². The number of aliphatic hydroxyl groups is 1. The molecule has 0 saturated heterocycles. The molecule has 0 radical (unpaired) electrons. The average molecular weight is 461 g/mol. The minimum absolute atomic E-state index is 0.00960. The van der Waals surface area contributed by atoms with Crippen LogP contribution in [0.5, 0.6) is 0 Å². The van der Waals surface area contributed by atoms with Gasteiger partial charge in [-0.1, -0.05) is 40.0 Å². The van der Waals surface area contributed by atoms with E-state index < -0.39 is 17.2 Å². The number of aromatic nitrogens is 3. The van der Waals surface area contributed by atoms with E-state index in [1.165, 1.54) is 23.4 Å². The molecule has 0 aliphatic carbocycles. The molecule has 0 aliphatic rings. The van der Waals surface area contributed by atoms with Gasteiger partial charge in [-0.25, -0.2) is 18.4 Å². The van der Waals surface area contributed by atoms with Crippen LogP contribution in [0.2, 0.25) is 0 Å². The Labute approximate surface area is 176 Å². The Bertz CT molecular complexity index is 989. The fourth-order valence-electron chi connectivity index (χ4n) is 3.18. The summed E-state index contributed by atoms with van der Waals surface area (Å²) in [5.74, 6) is 1.02. The smallest absolute Gasteiger partial charge is 0.137 e. The molecular weight excluding hydrogens is 442 g/mol. The summed E-state index contributed by atoms with van der Waals surface area (Å²) in [4.78, 5) is 5.69. The van der Waals surface area contributed by atoms with Crippen LogP contribution in [0.25, 0.3) is 0 Å². The topological polar surface area (TPSA) is 54.2 Å². The third-order valence-corrected chi connectivity index (χ3v) is 4.97. The van der Waals surface area contributed by atoms with Crippen LogP contribution in [0, 0.1) is 24.0 Å². The Balaban J connectivity index is 1.92. The van der Waals surface area contributed by atoms with Gasteiger partial charge in [0.2, 0.25) is 0 Å². The highest BCUT2D eigenvalue weighted by Crippen LogP contribution is 2.28. The van der Waals surface area contributed by atoms with Crippen molar-refractivity contribution in [3.63, 3.8) is 0 Å². The summed E-state index contributed by atoms with van der Waals surface area (Å²) in [6.45, 7) is 0.616. The lowest BCUT2D eigenvalue weighted by Gasteiger charge is -2.34. The Morgan fingerprint density at radius 3 is 2.59 bits per heavy atom. The van der Waals surface area contributed by atoms with E-state index in [1.807, 2.05) is 29.2 Å². The fraction of sp³-hybridized carbons (Fsp3) is 0.238. The molecule has 0 fully saturated rings. The van der Waals surface area contributed by atoms with Crippen molar-refractivity contribution in [3.05, 3.63) is 82.4 Å². The Hall–Kier alpha value is -2.60. The van der Waals surface area contributed by atoms with Crippen molar-refractivity contribution in [1.82, 2.24) is 19.7 Å². The zero-order valence-corrected chi connectivity index (χ0v) is 17.1. The molecule has 0 saturated carbocycles. The van der Waals surface area contributed by atoms with E-state index in [0.717, 1.165) is 22.2 Å². The molecule has 0 bridgehead atoms. The van der Waals surface area contributed by atoms with Gasteiger partial charge >= 0.3 is 0 Å². The zero-order valence-electron chi connectivity index (χ0n) is 15.5. The van der Waals surface area contributed by atoms with Gasteiger partial charge in [0.15, 0.2) is 0 Å². The second-order valence-electron chi connectivity index (χ2n) is 6.72. The van der Waals surface area contributed by atoms with Crippen LogP contribution in [0.3, 0.4) is 0 Å². The van der Waals surface area contributed by atoms with E-state index >= 15 is 0 Å². The largest absolute Gasteiger partial charge is 0.382 e. The van der Waals surface area contributed by atoms with Crippen molar-refractivity contribution < 1.29 is 13.9 Å². The third-order valence-electron chi connectivity index (χ3n) is 4.44. The van der Waals surface area contributed by atoms with Crippen LogP contribution in [0.15, 0.2) is 59.6 Å². The maximum absolute atomic E-state index is 14.6. The summed E-state index contributed by atoms with van der Waals surface area (Å²) in [6, 6.07) is 10.8. The number of hydrogen-bond acceptors (Lipinski definition) is 4. The molecule has 1 heterocycles. The van der Waals surface area contributed by atoms with Crippen LogP contribution in [0.4, 0.5) is 8.78 Å². The standard InChI is InChI=1S/C21H19BrF2N4O/c1-2-9-27(11-16-3-5-17(22)6-4-16)12-21(29,13-28-15-25-14-26-28)19-8-7-18(23)10-20(19)24/h1,3-8,10,14-15,29H,9,11-13H2. The van der Waals surface area contributed by atoms with Crippen LogP contribution in [-0.2, 0) is 18.7 Å². The maximum Gasteiger partial charge on any atom is 0.137 e. The monoisotopic (exact) mass is 460 g/mol. The SMILES string of the molecule is C#CCN(Cc1ccc(Br)cc1)CC(O)(Cn1cncn1)c1ccc(F)cc1F. The van der Waals surface area contributed by atoms with Gasteiger partial charge in [-0.3, -0.25) is 4.90 Å². The van der Waals surface area contributed by atoms with Crippen molar-refractivity contribution in [2.24, 2.45) is 0 Å². The Morgan fingerprint density at radius 1 is 1.21 bits per heavy atom. The predicted molar refractivity (Wildman–Crippen MR) is 109 cm³/mol. The number of hydrogen-bond donors (Lipinski definition) is 1. The minimum atomic E-state index is -1.71. The molecule has 1 unspecified atom stereocenters. The van der Waals surface area contributed by atoms with Gasteiger partial charge in [-0.15, -0.1) is 6.42 Å². The number of halogens is 3. The summed E-state index contributed by atoms with van der Waals surface area (Å²) in [7, 11) is 0. The molecule has 1 N–H and O–H groups in total. The molecular formula is C21H19BrF2N4O. The van der Waals surface area contributed by atoms with Gasteiger partial charge < -0.3 is 5.11 Å². The van der Waals surface area contributed by atoms with E-state index in [2.05, 4.69) is 31.9 Å². The molecule has 2 aromatic carbocycles. The molecule has 0 aliphatic heterocycles. The van der Waals surface area contributed by atoms with Crippen molar-refractivity contribution in [3.8, 4) is 12.3 Å². The molecule has 5 nitrogen and oxygen atoms in total. The number of benzene rings is 2. The van der Waals surface area contributed by atoms with Crippen molar-refractivity contribution in [2.45, 2.75) is 18.7 Å². The first-order valence-electron chi connectivity index (χ1n) is 8.80. The highest BCUT2D eigenvalue weighted by Gasteiger charge is 2.35. The van der Waals surface area contributed by atoms with Gasteiger partial charge in [0.05, 0.1) is 13.1 Å². The maximum atomic E-state index is 14.6. The van der Waals surface area contributed by atoms with Crippen molar-refractivity contribution in [2.75, 3.05) is 13.1 Å². The first-order chi connectivity index (χ1) is 13.9. The van der Waals surface area contributed by atoms with Gasteiger partial charge in [-0.2, -0.15) is 5.10 Å². The van der Waals surface area contributed by atoms with E-state index in [9.17, 15) is 13.9 Å². The van der Waals surface area contributed by atoms with Gasteiger partial charge in [-0.05, 0) is 23.8 Å². The van der Waals surface area contributed by atoms with Crippen LogP contribution < -0.4 is 0 Å². The summed E-state index contributed by atoms with van der Waals surface area (Å²) < 4.78 is 30.3. The lowest BCUT2D eigenvalue weighted by atomic mass is 9.92. The van der Waals surface area contributed by atoms with E-state index in [4.69, 9.17) is 6.42 Å². The average Bonchev–Trinajstić information content (AvgIpc) is 3.16. The lowest BCUT2D eigenvalue weighted by Crippen LogP contribution is -2.44. The fourth-order valence-corrected chi connectivity index (χ4v) is 3.45. The molecule has 0 spiro atoms. The van der Waals surface area contributed by atoms with Gasteiger partial charge in [0.25, 0.3) is 0 Å². The summed E-state index contributed by atoms with van der Waals surface area (Å²) in [5, 5.41) is 15.5. The normalized spacial score (nSPS) is 13.2. The predicted octanol–water partition coefficient (Wildman–Crippen LogP) is 3.34. The molecule has 29 heavy (non-hydrogen) atoms. The number of nitrogens with zero attached hydrogens (tertiary/aromatic N) is 4.